The normalized spacial score (nSPS) is 14.2. The molecular weight excluding hydrogens is 606 g/mol. The summed E-state index contributed by atoms with van der Waals surface area (Å²) in [6.45, 7) is 0. The minimum atomic E-state index is -1.10. The Morgan fingerprint density at radius 1 is 0.478 bits per heavy atom. The highest BCUT2D eigenvalue weighted by Crippen LogP contribution is 2.74. The van der Waals surface area contributed by atoms with Crippen molar-refractivity contribution in [2.45, 2.75) is 11.3 Å². The predicted molar refractivity (Wildman–Crippen MR) is 194 cm³/mol. The van der Waals surface area contributed by atoms with Crippen molar-refractivity contribution in [2.24, 2.45) is 0 Å². The first-order valence-electron chi connectivity index (χ1n) is 15.2. The molecule has 0 radical (unpaired) electrons. The lowest BCUT2D eigenvalue weighted by Crippen LogP contribution is -2.42. The number of rotatable bonds is 11. The third kappa shape index (κ3) is 5.73. The lowest BCUT2D eigenvalue weighted by atomic mass is 9.92. The maximum absolute atomic E-state index is 6.44. The van der Waals surface area contributed by atoms with Crippen LogP contribution in [0, 0.1) is 0 Å². The number of ether oxygens (including phenoxy) is 4. The zero-order chi connectivity index (χ0) is 31.9. The smallest absolute Gasteiger partial charge is 0.168 e. The van der Waals surface area contributed by atoms with E-state index in [1.54, 1.807) is 28.4 Å². The van der Waals surface area contributed by atoms with Crippen molar-refractivity contribution < 1.29 is 18.9 Å². The van der Waals surface area contributed by atoms with Crippen molar-refractivity contribution in [1.82, 2.24) is 0 Å². The van der Waals surface area contributed by atoms with E-state index >= 15 is 0 Å². The number of allylic oxidation sites excluding steroid dienone is 2. The van der Waals surface area contributed by atoms with Gasteiger partial charge in [-0.2, -0.15) is 0 Å². The molecule has 1 aliphatic rings. The molecule has 0 N–H and O–H groups in total. The van der Waals surface area contributed by atoms with Gasteiger partial charge in [0.05, 0.1) is 33.3 Å². The van der Waals surface area contributed by atoms with Crippen LogP contribution < -0.4 is 30.7 Å². The topological polar surface area (TPSA) is 36.9 Å². The molecule has 0 saturated heterocycles. The first-order chi connectivity index (χ1) is 22.7. The molecule has 0 heterocycles. The van der Waals surface area contributed by atoms with Gasteiger partial charge in [-0.05, 0) is 55.6 Å². The Morgan fingerprint density at radius 2 is 0.935 bits per heavy atom. The van der Waals surface area contributed by atoms with Gasteiger partial charge in [0, 0.05) is 11.1 Å². The average molecular weight is 645 g/mol. The molecule has 46 heavy (non-hydrogen) atoms. The van der Waals surface area contributed by atoms with Crippen molar-refractivity contribution in [3.8, 4) is 11.5 Å². The number of para-hydroxylation sites is 1. The summed E-state index contributed by atoms with van der Waals surface area (Å²) in [6, 6.07) is 50.0. The van der Waals surface area contributed by atoms with Crippen LogP contribution in [0.1, 0.15) is 12.0 Å². The minimum Gasteiger partial charge on any atom is -0.493 e. The van der Waals surface area contributed by atoms with Gasteiger partial charge in [-0.25, -0.2) is 0 Å². The summed E-state index contributed by atoms with van der Waals surface area (Å²) in [6.07, 6.45) is 2.95. The average Bonchev–Trinajstić information content (AvgIpc) is 3.13. The summed E-state index contributed by atoms with van der Waals surface area (Å²) >= 11 is 0. The fourth-order valence-electron chi connectivity index (χ4n) is 6.50. The van der Waals surface area contributed by atoms with Crippen LogP contribution in [0.4, 0.5) is 0 Å². The van der Waals surface area contributed by atoms with Gasteiger partial charge in [0.25, 0.3) is 0 Å². The largest absolute Gasteiger partial charge is 0.493 e. The Labute approximate surface area is 274 Å². The predicted octanol–water partition coefficient (Wildman–Crippen LogP) is 7.96. The third-order valence-corrected chi connectivity index (χ3v) is 15.1. The molecule has 6 heteroatoms. The molecule has 5 aromatic rings. The third-order valence-electron chi connectivity index (χ3n) is 8.32. The van der Waals surface area contributed by atoms with Crippen molar-refractivity contribution in [3.63, 3.8) is 0 Å². The molecule has 0 fully saturated rings. The summed E-state index contributed by atoms with van der Waals surface area (Å²) in [7, 11) is 4.66. The SMILES string of the molecule is COC1=CCC(P(c2ccccc2)c2ccccc2)(P(c2ccccc2)c2ccccc2)C(c2cccc(OC)c2OC)=C1OC. The molecule has 0 aliphatic heterocycles. The van der Waals surface area contributed by atoms with E-state index in [-0.39, 0.29) is 0 Å². The highest BCUT2D eigenvalue weighted by atomic mass is 31.2. The van der Waals surface area contributed by atoms with Gasteiger partial charge in [-0.1, -0.05) is 133 Å². The van der Waals surface area contributed by atoms with Crippen molar-refractivity contribution in [2.75, 3.05) is 28.4 Å². The standard InChI is InChI=1S/C40H38O4P2/c1-41-35-27-17-26-34(38(35)43-3)37-39(44-4)36(42-2)28-29-40(37,45(30-18-9-5-10-19-30)31-20-11-6-12-21-31)46(32-22-13-7-14-23-32)33-24-15-8-16-25-33/h5-28H,29H2,1-4H3. The molecule has 232 valence electrons. The second kappa shape index (κ2) is 14.4. The van der Waals surface area contributed by atoms with Crippen LogP contribution in [0.25, 0.3) is 5.57 Å². The van der Waals surface area contributed by atoms with E-state index in [9.17, 15) is 0 Å². The van der Waals surface area contributed by atoms with E-state index in [1.807, 2.05) is 12.1 Å². The lowest BCUT2D eigenvalue weighted by molar-refractivity contribution is 0.217. The molecule has 0 aromatic heterocycles. The van der Waals surface area contributed by atoms with Gasteiger partial charge in [0.1, 0.15) is 0 Å². The zero-order valence-corrected chi connectivity index (χ0v) is 28.4. The van der Waals surface area contributed by atoms with Gasteiger partial charge in [0.15, 0.2) is 23.0 Å². The van der Waals surface area contributed by atoms with Crippen molar-refractivity contribution in [1.29, 1.82) is 0 Å². The van der Waals surface area contributed by atoms with Crippen LogP contribution in [0.2, 0.25) is 0 Å². The van der Waals surface area contributed by atoms with Gasteiger partial charge >= 0.3 is 0 Å². The summed E-state index contributed by atoms with van der Waals surface area (Å²) in [4.78, 5) is -0.525. The molecule has 0 unspecified atom stereocenters. The first-order valence-corrected chi connectivity index (χ1v) is 17.9. The molecule has 0 spiro atoms. The summed E-state index contributed by atoms with van der Waals surface area (Å²) in [5.41, 5.74) is 1.99. The molecule has 0 amide bonds. The van der Waals surface area contributed by atoms with E-state index in [4.69, 9.17) is 18.9 Å². The van der Waals surface area contributed by atoms with E-state index in [1.165, 1.54) is 21.2 Å². The summed E-state index contributed by atoms with van der Waals surface area (Å²) in [5.74, 6) is 2.76. The number of hydrogen-bond donors (Lipinski definition) is 0. The Bertz CT molecular complexity index is 1640. The van der Waals surface area contributed by atoms with E-state index < -0.39 is 20.7 Å². The van der Waals surface area contributed by atoms with Crippen molar-refractivity contribution in [3.05, 3.63) is 163 Å². The van der Waals surface area contributed by atoms with Crippen molar-refractivity contribution >= 4 is 42.6 Å². The van der Waals surface area contributed by atoms with Gasteiger partial charge < -0.3 is 18.9 Å². The molecular formula is C40H38O4P2. The second-order valence-electron chi connectivity index (χ2n) is 10.8. The molecule has 4 nitrogen and oxygen atoms in total. The quantitative estimate of drug-likeness (QED) is 0.137. The van der Waals surface area contributed by atoms with E-state index in [2.05, 4.69) is 133 Å². The number of hydrogen-bond acceptors (Lipinski definition) is 4. The Balaban J connectivity index is 1.85. The van der Waals surface area contributed by atoms with Crippen LogP contribution >= 0.6 is 15.8 Å². The van der Waals surface area contributed by atoms with Crippen LogP contribution in [0.3, 0.4) is 0 Å². The second-order valence-corrected chi connectivity index (χ2v) is 16.0. The minimum absolute atomic E-state index is 0.525. The lowest BCUT2D eigenvalue weighted by Gasteiger charge is -2.51. The van der Waals surface area contributed by atoms with Crippen LogP contribution in [0.5, 0.6) is 11.5 Å². The van der Waals surface area contributed by atoms with Crippen LogP contribution in [-0.4, -0.2) is 33.3 Å². The molecule has 0 bridgehead atoms. The van der Waals surface area contributed by atoms with E-state index in [0.717, 1.165) is 11.1 Å². The fraction of sp³-hybridized carbons (Fsp3) is 0.150. The molecule has 6 rings (SSSR count). The van der Waals surface area contributed by atoms with Crippen LogP contribution in [-0.2, 0) is 9.47 Å². The molecule has 5 aromatic carbocycles. The first kappa shape index (κ1) is 31.6. The Kier molecular flexibility index (Phi) is 9.88. The maximum Gasteiger partial charge on any atom is 0.168 e. The van der Waals surface area contributed by atoms with Gasteiger partial charge in [0.2, 0.25) is 0 Å². The molecule has 1 aliphatic carbocycles. The molecule has 0 atom stereocenters. The fourth-order valence-corrected chi connectivity index (χ4v) is 14.3. The maximum atomic E-state index is 6.44. The summed E-state index contributed by atoms with van der Waals surface area (Å²) < 4.78 is 24.6. The highest BCUT2D eigenvalue weighted by molar-refractivity contribution is 7.91. The zero-order valence-electron chi connectivity index (χ0n) is 26.6. The Hall–Kier alpha value is -4.36. The number of benzene rings is 5. The van der Waals surface area contributed by atoms with Crippen LogP contribution in [0.15, 0.2) is 157 Å². The highest BCUT2D eigenvalue weighted by Gasteiger charge is 2.54. The van der Waals surface area contributed by atoms with E-state index in [0.29, 0.717) is 29.4 Å². The summed E-state index contributed by atoms with van der Waals surface area (Å²) in [5, 5.41) is 5.14. The Morgan fingerprint density at radius 3 is 1.30 bits per heavy atom. The molecule has 0 saturated carbocycles. The number of methoxy groups -OCH3 is 4. The van der Waals surface area contributed by atoms with Gasteiger partial charge in [-0.15, -0.1) is 0 Å². The monoisotopic (exact) mass is 644 g/mol. The van der Waals surface area contributed by atoms with Gasteiger partial charge in [-0.3, -0.25) is 0 Å².